The van der Waals surface area contributed by atoms with Gasteiger partial charge in [0.15, 0.2) is 5.01 Å². The van der Waals surface area contributed by atoms with Gasteiger partial charge in [-0.15, -0.1) is 11.3 Å². The molecular weight excluding hydrogens is 362 g/mol. The largest absolute Gasteiger partial charge is 0.323 e. The molecule has 4 aromatic rings. The Balaban J connectivity index is 1.46. The molecule has 5 rings (SSSR count). The summed E-state index contributed by atoms with van der Waals surface area (Å²) < 4.78 is 1.28. The number of pyridine rings is 1. The first-order chi connectivity index (χ1) is 12.8. The SMILES string of the molecule is Clc1nc2ccccc2cc1C[NH+]1CCC[C@@H]1c1nc2ccccc2s1. The van der Waals surface area contributed by atoms with Crippen LogP contribution in [0.4, 0.5) is 0 Å². The fourth-order valence-electron chi connectivity index (χ4n) is 3.97. The van der Waals surface area contributed by atoms with Crippen molar-refractivity contribution >= 4 is 44.1 Å². The molecule has 1 fully saturated rings. The van der Waals surface area contributed by atoms with E-state index < -0.39 is 0 Å². The number of likely N-dealkylation sites (tertiary alicyclic amines) is 1. The van der Waals surface area contributed by atoms with Crippen molar-refractivity contribution in [3.63, 3.8) is 0 Å². The summed E-state index contributed by atoms with van der Waals surface area (Å²) in [5, 5.41) is 3.04. The van der Waals surface area contributed by atoms with Gasteiger partial charge in [-0.2, -0.15) is 0 Å². The van der Waals surface area contributed by atoms with Gasteiger partial charge in [-0.3, -0.25) is 0 Å². The first-order valence-corrected chi connectivity index (χ1v) is 10.2. The number of hydrogen-bond acceptors (Lipinski definition) is 3. The number of halogens is 1. The van der Waals surface area contributed by atoms with Crippen molar-refractivity contribution in [1.29, 1.82) is 0 Å². The minimum atomic E-state index is 0.454. The van der Waals surface area contributed by atoms with E-state index in [1.807, 2.05) is 29.5 Å². The van der Waals surface area contributed by atoms with Gasteiger partial charge in [0.1, 0.15) is 17.7 Å². The quantitative estimate of drug-likeness (QED) is 0.533. The summed E-state index contributed by atoms with van der Waals surface area (Å²) in [5.41, 5.74) is 3.21. The highest BCUT2D eigenvalue weighted by Crippen LogP contribution is 2.29. The minimum absolute atomic E-state index is 0.454. The van der Waals surface area contributed by atoms with Gasteiger partial charge in [-0.05, 0) is 24.3 Å². The Hall–Kier alpha value is -2.01. The number of quaternary nitrogens is 1. The van der Waals surface area contributed by atoms with Crippen LogP contribution in [0.5, 0.6) is 0 Å². The molecular formula is C21H19ClN3S+. The lowest BCUT2D eigenvalue weighted by Crippen LogP contribution is -3.08. The Morgan fingerprint density at radius 1 is 1.04 bits per heavy atom. The summed E-state index contributed by atoms with van der Waals surface area (Å²) in [6.45, 7) is 2.06. The van der Waals surface area contributed by atoms with Crippen LogP contribution in [0, 0.1) is 0 Å². The van der Waals surface area contributed by atoms with Crippen LogP contribution >= 0.6 is 22.9 Å². The van der Waals surface area contributed by atoms with Crippen molar-refractivity contribution < 1.29 is 4.90 Å². The molecule has 2 atom stereocenters. The Labute approximate surface area is 161 Å². The van der Waals surface area contributed by atoms with Crippen molar-refractivity contribution in [2.24, 2.45) is 0 Å². The predicted molar refractivity (Wildman–Crippen MR) is 108 cm³/mol. The molecule has 2 aromatic carbocycles. The zero-order valence-corrected chi connectivity index (χ0v) is 15.9. The summed E-state index contributed by atoms with van der Waals surface area (Å²) in [6.07, 6.45) is 2.42. The van der Waals surface area contributed by atoms with E-state index >= 15 is 0 Å². The van der Waals surface area contributed by atoms with Crippen LogP contribution in [0.2, 0.25) is 5.15 Å². The number of hydrogen-bond donors (Lipinski definition) is 1. The first kappa shape index (κ1) is 16.2. The Bertz CT molecular complexity index is 1060. The van der Waals surface area contributed by atoms with Gasteiger partial charge in [0.2, 0.25) is 0 Å². The molecule has 3 nitrogen and oxygen atoms in total. The van der Waals surface area contributed by atoms with Crippen LogP contribution in [-0.4, -0.2) is 16.5 Å². The summed E-state index contributed by atoms with van der Waals surface area (Å²) in [7, 11) is 0. The van der Waals surface area contributed by atoms with Gasteiger partial charge < -0.3 is 4.90 Å². The molecule has 2 aromatic heterocycles. The van der Waals surface area contributed by atoms with Crippen molar-refractivity contribution in [3.8, 4) is 0 Å². The van der Waals surface area contributed by atoms with Gasteiger partial charge in [0.25, 0.3) is 0 Å². The second kappa shape index (κ2) is 6.62. The summed E-state index contributed by atoms with van der Waals surface area (Å²) in [4.78, 5) is 11.0. The number of benzene rings is 2. The van der Waals surface area contributed by atoms with Gasteiger partial charge in [-0.25, -0.2) is 9.97 Å². The maximum absolute atomic E-state index is 6.50. The molecule has 0 amide bonds. The van der Waals surface area contributed by atoms with Crippen molar-refractivity contribution in [2.45, 2.75) is 25.4 Å². The smallest absolute Gasteiger partial charge is 0.151 e. The second-order valence-electron chi connectivity index (χ2n) is 6.93. The number of para-hydroxylation sites is 2. The molecule has 1 N–H and O–H groups in total. The molecule has 0 spiro atoms. The zero-order chi connectivity index (χ0) is 17.5. The first-order valence-electron chi connectivity index (χ1n) is 9.02. The Morgan fingerprint density at radius 3 is 2.73 bits per heavy atom. The molecule has 0 radical (unpaired) electrons. The average molecular weight is 381 g/mol. The number of nitrogens with one attached hydrogen (secondary N) is 1. The van der Waals surface area contributed by atoms with E-state index in [4.69, 9.17) is 16.6 Å². The van der Waals surface area contributed by atoms with Crippen LogP contribution in [0.25, 0.3) is 21.1 Å². The van der Waals surface area contributed by atoms with E-state index in [1.165, 1.54) is 22.5 Å². The third kappa shape index (κ3) is 2.88. The highest BCUT2D eigenvalue weighted by atomic mass is 35.5. The molecule has 0 aliphatic carbocycles. The number of rotatable bonds is 3. The summed E-state index contributed by atoms with van der Waals surface area (Å²) in [5.74, 6) is 0. The number of thiazole rings is 1. The topological polar surface area (TPSA) is 30.2 Å². The van der Waals surface area contributed by atoms with E-state index in [2.05, 4.69) is 41.4 Å². The van der Waals surface area contributed by atoms with E-state index in [0.29, 0.717) is 11.2 Å². The maximum atomic E-state index is 6.50. The van der Waals surface area contributed by atoms with Crippen LogP contribution < -0.4 is 4.90 Å². The lowest BCUT2D eigenvalue weighted by molar-refractivity contribution is -0.932. The van der Waals surface area contributed by atoms with Gasteiger partial charge in [0, 0.05) is 23.8 Å². The highest BCUT2D eigenvalue weighted by molar-refractivity contribution is 7.18. The van der Waals surface area contributed by atoms with Gasteiger partial charge in [-0.1, -0.05) is 41.9 Å². The Morgan fingerprint density at radius 2 is 1.85 bits per heavy atom. The van der Waals surface area contributed by atoms with E-state index in [-0.39, 0.29) is 0 Å². The fourth-order valence-corrected chi connectivity index (χ4v) is 5.34. The molecule has 1 unspecified atom stereocenters. The van der Waals surface area contributed by atoms with E-state index in [9.17, 15) is 0 Å². The van der Waals surface area contributed by atoms with E-state index in [1.54, 1.807) is 4.90 Å². The normalized spacial score (nSPS) is 20.2. The predicted octanol–water partition coefficient (Wildman–Crippen LogP) is 4.42. The van der Waals surface area contributed by atoms with Crippen molar-refractivity contribution in [3.05, 3.63) is 70.3 Å². The lowest BCUT2D eigenvalue weighted by Gasteiger charge is -2.20. The van der Waals surface area contributed by atoms with Crippen LogP contribution in [0.3, 0.4) is 0 Å². The molecule has 3 heterocycles. The molecule has 130 valence electrons. The molecule has 1 aliphatic heterocycles. The summed E-state index contributed by atoms with van der Waals surface area (Å²) >= 11 is 8.34. The molecule has 0 bridgehead atoms. The van der Waals surface area contributed by atoms with E-state index in [0.717, 1.165) is 35.1 Å². The minimum Gasteiger partial charge on any atom is -0.323 e. The molecule has 26 heavy (non-hydrogen) atoms. The number of aromatic nitrogens is 2. The van der Waals surface area contributed by atoms with Crippen molar-refractivity contribution in [1.82, 2.24) is 9.97 Å². The molecule has 1 saturated heterocycles. The standard InChI is InChI=1S/C21H18ClN3S/c22-20-15(12-14-6-1-2-7-16(14)23-20)13-25-11-5-9-18(25)21-24-17-8-3-4-10-19(17)26-21/h1-4,6-8,10,12,18H,5,9,11,13H2/p+1/t18-/m1/s1. The number of fused-ring (bicyclic) bond motifs is 2. The third-order valence-corrected chi connectivity index (χ3v) is 6.74. The van der Waals surface area contributed by atoms with Crippen LogP contribution in [0.1, 0.15) is 29.5 Å². The molecule has 5 heteroatoms. The third-order valence-electron chi connectivity index (χ3n) is 5.26. The number of nitrogens with zero attached hydrogens (tertiary/aromatic N) is 2. The van der Waals surface area contributed by atoms with Crippen molar-refractivity contribution in [2.75, 3.05) is 6.54 Å². The lowest BCUT2D eigenvalue weighted by atomic mass is 10.1. The second-order valence-corrected chi connectivity index (χ2v) is 8.35. The fraction of sp³-hybridized carbons (Fsp3) is 0.238. The van der Waals surface area contributed by atoms with Crippen LogP contribution in [0.15, 0.2) is 54.6 Å². The maximum Gasteiger partial charge on any atom is 0.151 e. The zero-order valence-electron chi connectivity index (χ0n) is 14.3. The Kier molecular flexibility index (Phi) is 4.12. The van der Waals surface area contributed by atoms with Gasteiger partial charge in [0.05, 0.1) is 22.3 Å². The summed E-state index contributed by atoms with van der Waals surface area (Å²) in [6, 6.07) is 19.2. The molecule has 1 aliphatic rings. The highest BCUT2D eigenvalue weighted by Gasteiger charge is 2.33. The van der Waals surface area contributed by atoms with Gasteiger partial charge >= 0.3 is 0 Å². The average Bonchev–Trinajstić information content (AvgIpc) is 3.28. The monoisotopic (exact) mass is 380 g/mol. The van der Waals surface area contributed by atoms with Crippen LogP contribution in [-0.2, 0) is 6.54 Å². The molecule has 0 saturated carbocycles.